The first kappa shape index (κ1) is 27.5. The lowest BCUT2D eigenvalue weighted by Crippen LogP contribution is -2.63. The van der Waals surface area contributed by atoms with Crippen molar-refractivity contribution in [3.63, 3.8) is 0 Å². The zero-order valence-electron chi connectivity index (χ0n) is 24.7. The second kappa shape index (κ2) is 9.36. The van der Waals surface area contributed by atoms with Gasteiger partial charge < -0.3 is 0 Å². The van der Waals surface area contributed by atoms with Gasteiger partial charge in [-0.2, -0.15) is 10.5 Å². The van der Waals surface area contributed by atoms with Crippen LogP contribution in [0.1, 0.15) is 52.4 Å². The lowest BCUT2D eigenvalue weighted by molar-refractivity contribution is -0.166. The molecule has 2 saturated carbocycles. The summed E-state index contributed by atoms with van der Waals surface area (Å²) in [5.74, 6) is -3.74. The third-order valence-electron chi connectivity index (χ3n) is 12.6. The summed E-state index contributed by atoms with van der Waals surface area (Å²) in [6.07, 6.45) is 9.65. The Kier molecular flexibility index (Phi) is 5.85. The number of fused-ring (bicyclic) bond motifs is 1. The highest BCUT2D eigenvalue weighted by Gasteiger charge is 2.76. The van der Waals surface area contributed by atoms with Gasteiger partial charge in [-0.25, -0.2) is 0 Å². The van der Waals surface area contributed by atoms with Gasteiger partial charge in [0.2, 0.25) is 23.6 Å². The first-order chi connectivity index (χ1) is 21.2. The highest BCUT2D eigenvalue weighted by molar-refractivity contribution is 8.04. The van der Waals surface area contributed by atoms with Crippen molar-refractivity contribution >= 4 is 47.2 Å². The Morgan fingerprint density at radius 2 is 1.05 bits per heavy atom. The van der Waals surface area contributed by atoms with Gasteiger partial charge in [-0.1, -0.05) is 26.0 Å². The molecule has 4 fully saturated rings. The van der Waals surface area contributed by atoms with E-state index in [-0.39, 0.29) is 47.3 Å². The van der Waals surface area contributed by atoms with Crippen LogP contribution in [-0.2, 0) is 19.2 Å². The third-order valence-corrected chi connectivity index (χ3v) is 15.6. The molecule has 2 saturated heterocycles. The highest BCUT2D eigenvalue weighted by atomic mass is 32.2. The Balaban J connectivity index is 1.00. The zero-order valence-corrected chi connectivity index (χ0v) is 26.4. The fourth-order valence-electron chi connectivity index (χ4n) is 10.7. The number of hydrogen-bond acceptors (Lipinski definition) is 8. The third kappa shape index (κ3) is 3.27. The number of carbonyl (C=O) groups excluding carboxylic acids is 4. The molecule has 14 atom stereocenters. The van der Waals surface area contributed by atoms with Gasteiger partial charge in [0, 0.05) is 0 Å². The topological polar surface area (TPSA) is 122 Å². The molecule has 0 aromatic carbocycles. The molecule has 8 nitrogen and oxygen atoms in total. The van der Waals surface area contributed by atoms with E-state index in [2.05, 4.69) is 26.0 Å². The molecule has 10 aliphatic rings. The number of nitriles is 2. The minimum Gasteiger partial charge on any atom is -0.274 e. The number of imide groups is 2. The molecule has 0 N–H and O–H groups in total. The van der Waals surface area contributed by atoms with E-state index in [4.69, 9.17) is 0 Å². The molecule has 0 spiro atoms. The highest BCUT2D eigenvalue weighted by Crippen LogP contribution is 2.69. The van der Waals surface area contributed by atoms with Crippen LogP contribution in [0.5, 0.6) is 0 Å². The van der Waals surface area contributed by atoms with Gasteiger partial charge in [-0.05, 0) is 95.0 Å². The maximum atomic E-state index is 14.2. The quantitative estimate of drug-likeness (QED) is 0.316. The van der Waals surface area contributed by atoms with E-state index in [0.717, 1.165) is 49.7 Å². The average molecular weight is 627 g/mol. The van der Waals surface area contributed by atoms with Crippen molar-refractivity contribution in [2.24, 2.45) is 71.0 Å². The normalized spacial score (nSPS) is 48.2. The Morgan fingerprint density at radius 1 is 0.659 bits per heavy atom. The van der Waals surface area contributed by atoms with Crippen molar-refractivity contribution in [1.29, 1.82) is 10.5 Å². The molecule has 4 heterocycles. The second-order valence-corrected chi connectivity index (χ2v) is 17.1. The zero-order chi connectivity index (χ0) is 30.3. The molecule has 44 heavy (non-hydrogen) atoms. The van der Waals surface area contributed by atoms with Crippen LogP contribution in [0, 0.1) is 93.7 Å². The van der Waals surface area contributed by atoms with E-state index in [1.54, 1.807) is 0 Å². The van der Waals surface area contributed by atoms with Crippen LogP contribution in [-0.4, -0.2) is 44.2 Å². The molecule has 10 heteroatoms. The number of carbonyl (C=O) groups is 4. The molecule has 0 unspecified atom stereocenters. The minimum absolute atomic E-state index is 0.154. The largest absolute Gasteiger partial charge is 0.274 e. The number of nitrogens with zero attached hydrogens (tertiary/aromatic N) is 4. The molecule has 0 aromatic rings. The van der Waals surface area contributed by atoms with Crippen molar-refractivity contribution < 1.29 is 19.2 Å². The average Bonchev–Trinajstić information content (AvgIpc) is 3.66. The Morgan fingerprint density at radius 3 is 1.43 bits per heavy atom. The van der Waals surface area contributed by atoms with Gasteiger partial charge in [0.15, 0.2) is 0 Å². The van der Waals surface area contributed by atoms with Gasteiger partial charge in [0.05, 0.1) is 47.6 Å². The number of rotatable bonds is 2. The number of hydrogen-bond donors (Lipinski definition) is 0. The van der Waals surface area contributed by atoms with E-state index in [1.807, 2.05) is 12.2 Å². The van der Waals surface area contributed by atoms with Gasteiger partial charge in [0.25, 0.3) is 0 Å². The summed E-state index contributed by atoms with van der Waals surface area (Å²) < 4.78 is 0. The van der Waals surface area contributed by atoms with Crippen LogP contribution in [0.3, 0.4) is 0 Å². The monoisotopic (exact) mass is 626 g/mol. The fraction of sp³-hybridized carbons (Fsp3) is 0.647. The van der Waals surface area contributed by atoms with Crippen molar-refractivity contribution in [2.75, 3.05) is 0 Å². The predicted molar refractivity (Wildman–Crippen MR) is 162 cm³/mol. The molecular weight excluding hydrogens is 593 g/mol. The first-order valence-corrected chi connectivity index (χ1v) is 18.0. The smallest absolute Gasteiger partial charge is 0.234 e. The second-order valence-electron chi connectivity index (χ2n) is 14.7. The number of allylic oxidation sites excluding steroid dienone is 4. The summed E-state index contributed by atoms with van der Waals surface area (Å²) in [5.41, 5.74) is 2.21. The maximum Gasteiger partial charge on any atom is 0.234 e. The van der Waals surface area contributed by atoms with Crippen LogP contribution >= 0.6 is 23.5 Å². The van der Waals surface area contributed by atoms with Crippen LogP contribution in [0.2, 0.25) is 0 Å². The molecule has 6 aliphatic carbocycles. The van der Waals surface area contributed by atoms with Crippen molar-refractivity contribution in [3.05, 3.63) is 33.1 Å². The summed E-state index contributed by atoms with van der Waals surface area (Å²) in [4.78, 5) is 61.9. The molecule has 226 valence electrons. The van der Waals surface area contributed by atoms with Crippen LogP contribution in [0.4, 0.5) is 0 Å². The van der Waals surface area contributed by atoms with Gasteiger partial charge >= 0.3 is 0 Å². The summed E-state index contributed by atoms with van der Waals surface area (Å²) in [6, 6.07) is 4.88. The Hall–Kier alpha value is -2.82. The standard InChI is InChI=1S/C34H34N4O4S2/c1-13-3-7-21-17(9-13)19(11-35)33(43-21)37-29(39)25-15-5-6-16(26(25)30(37)40)24-23(15)27-28(24)32(42)38(31(27)41)34-20(12-36)18-10-14(2)4-8-22(18)44-34/h5-6,13-16,19-20,23-28,33-34H,3-4,7-10H2,1-2H3/t13-,14-,15-,16+,19+,20+,23+,24-,25+,26-,27+,28-,33-,34-/m1/s1. The summed E-state index contributed by atoms with van der Waals surface area (Å²) >= 11 is 3.07. The SMILES string of the molecule is C[C@@H]1CCC2=C(C1)[C@H](C#N)[C@H](N1C(=O)[C@@H]3[C@H]4C=C[C@@H]([C@@H]3C1=O)[C@@H]1[C@@H]3C(=O)N([C@@H]5SC6=C(C[C@H](C)CC6)[C@@H]5C#N)C(=O)[C@@H]3[C@H]41)S2. The molecule has 0 aromatic heterocycles. The van der Waals surface area contributed by atoms with E-state index in [9.17, 15) is 29.7 Å². The first-order valence-electron chi connectivity index (χ1n) is 16.2. The molecule has 4 amide bonds. The number of amides is 4. The van der Waals surface area contributed by atoms with Gasteiger partial charge in [0.1, 0.15) is 10.7 Å². The summed E-state index contributed by atoms with van der Waals surface area (Å²) in [5, 5.41) is 19.3. The predicted octanol–water partition coefficient (Wildman–Crippen LogP) is 4.82. The van der Waals surface area contributed by atoms with Crippen molar-refractivity contribution in [3.8, 4) is 12.1 Å². The lowest BCUT2D eigenvalue weighted by Gasteiger charge is -2.60. The molecule has 2 bridgehead atoms. The van der Waals surface area contributed by atoms with Crippen LogP contribution in [0.15, 0.2) is 33.1 Å². The van der Waals surface area contributed by atoms with Crippen LogP contribution in [0.25, 0.3) is 0 Å². The Bertz CT molecular complexity index is 1580. The molecule has 0 radical (unpaired) electrons. The molecule has 4 aliphatic heterocycles. The van der Waals surface area contributed by atoms with E-state index < -0.39 is 46.3 Å². The number of thioether (sulfide) groups is 2. The van der Waals surface area contributed by atoms with Gasteiger partial charge in [-0.15, -0.1) is 23.5 Å². The minimum atomic E-state index is -0.545. The molecule has 10 rings (SSSR count). The maximum absolute atomic E-state index is 14.2. The fourth-order valence-corrected chi connectivity index (χ4v) is 13.9. The van der Waals surface area contributed by atoms with Gasteiger partial charge in [-0.3, -0.25) is 29.0 Å². The number of likely N-dealkylation sites (tertiary alicyclic amines) is 2. The Labute approximate surface area is 265 Å². The summed E-state index contributed by atoms with van der Waals surface area (Å²) in [6.45, 7) is 4.38. The van der Waals surface area contributed by atoms with Crippen molar-refractivity contribution in [2.45, 2.75) is 63.1 Å². The van der Waals surface area contributed by atoms with E-state index in [0.29, 0.717) is 11.8 Å². The lowest BCUT2D eigenvalue weighted by atomic mass is 9.40. The summed E-state index contributed by atoms with van der Waals surface area (Å²) in [7, 11) is 0. The van der Waals surface area contributed by atoms with E-state index >= 15 is 0 Å². The van der Waals surface area contributed by atoms with Crippen molar-refractivity contribution in [1.82, 2.24) is 9.80 Å². The molecular formula is C34H34N4O4S2. The van der Waals surface area contributed by atoms with E-state index in [1.165, 1.54) is 43.1 Å². The van der Waals surface area contributed by atoms with Crippen LogP contribution < -0.4 is 0 Å².